The quantitative estimate of drug-likeness (QED) is 0.762. The van der Waals surface area contributed by atoms with Gasteiger partial charge in [-0.1, -0.05) is 60.7 Å². The summed E-state index contributed by atoms with van der Waals surface area (Å²) in [5, 5.41) is 2.57. The van der Waals surface area contributed by atoms with Crippen molar-refractivity contribution in [2.24, 2.45) is 0 Å². The Kier molecular flexibility index (Phi) is 6.55. The van der Waals surface area contributed by atoms with E-state index < -0.39 is 19.5 Å². The average Bonchev–Trinajstić information content (AvgIpc) is 2.65. The Morgan fingerprint density at radius 1 is 1.00 bits per heavy atom. The number of nitrogens with one attached hydrogen (secondary N) is 1. The molecule has 0 aliphatic carbocycles. The van der Waals surface area contributed by atoms with Crippen LogP contribution in [0.1, 0.15) is 16.9 Å². The summed E-state index contributed by atoms with van der Waals surface area (Å²) in [7, 11) is -1.02. The molecule has 2 aromatic carbocycles. The van der Waals surface area contributed by atoms with E-state index in [-0.39, 0.29) is 6.61 Å². The van der Waals surface area contributed by atoms with Gasteiger partial charge in [-0.05, 0) is 11.1 Å². The number of benzene rings is 2. The van der Waals surface area contributed by atoms with Crippen molar-refractivity contribution in [1.29, 1.82) is 0 Å². The third-order valence-electron chi connectivity index (χ3n) is 3.41. The highest BCUT2D eigenvalue weighted by atomic mass is 31.2. The minimum absolute atomic E-state index is 0.110. The van der Waals surface area contributed by atoms with Gasteiger partial charge >= 0.3 is 13.7 Å². The molecule has 6 nitrogen and oxygen atoms in total. The molecular weight excluding hydrogens is 329 g/mol. The molecule has 0 spiro atoms. The molecule has 24 heavy (non-hydrogen) atoms. The number of rotatable bonds is 7. The minimum atomic E-state index is -3.57. The van der Waals surface area contributed by atoms with E-state index in [1.54, 1.807) is 24.3 Å². The Balaban J connectivity index is 2.10. The molecule has 1 N–H and O–H groups in total. The summed E-state index contributed by atoms with van der Waals surface area (Å²) < 4.78 is 28.0. The van der Waals surface area contributed by atoms with Crippen LogP contribution in [0.4, 0.5) is 4.79 Å². The Morgan fingerprint density at radius 2 is 1.54 bits per heavy atom. The first-order chi connectivity index (χ1) is 11.6. The van der Waals surface area contributed by atoms with Gasteiger partial charge in [0.05, 0.1) is 0 Å². The highest BCUT2D eigenvalue weighted by Crippen LogP contribution is 2.58. The molecule has 0 bridgehead atoms. The third kappa shape index (κ3) is 4.68. The van der Waals surface area contributed by atoms with Crippen LogP contribution >= 0.6 is 7.60 Å². The van der Waals surface area contributed by atoms with E-state index in [1.807, 2.05) is 36.4 Å². The van der Waals surface area contributed by atoms with E-state index in [0.29, 0.717) is 5.56 Å². The van der Waals surface area contributed by atoms with Crippen LogP contribution in [0.3, 0.4) is 0 Å². The van der Waals surface area contributed by atoms with Crippen LogP contribution in [0.15, 0.2) is 60.7 Å². The lowest BCUT2D eigenvalue weighted by Crippen LogP contribution is -2.29. The van der Waals surface area contributed by atoms with E-state index in [2.05, 4.69) is 5.32 Å². The van der Waals surface area contributed by atoms with Crippen molar-refractivity contribution in [3.63, 3.8) is 0 Å². The van der Waals surface area contributed by atoms with E-state index >= 15 is 0 Å². The maximum Gasteiger partial charge on any atom is 0.408 e. The molecule has 0 unspecified atom stereocenters. The summed E-state index contributed by atoms with van der Waals surface area (Å²) in [5.41, 5.74) is 1.45. The Labute approximate surface area is 141 Å². The largest absolute Gasteiger partial charge is 0.445 e. The maximum absolute atomic E-state index is 12.7. The SMILES string of the molecule is COP(=O)(OC)[C@H](NC(=O)OCc1ccccc1)c1ccccc1. The molecule has 2 rings (SSSR count). The lowest BCUT2D eigenvalue weighted by atomic mass is 10.2. The van der Waals surface area contributed by atoms with Gasteiger partial charge in [0.15, 0.2) is 5.78 Å². The number of amides is 1. The van der Waals surface area contributed by atoms with Crippen molar-refractivity contribution in [2.75, 3.05) is 14.2 Å². The highest BCUT2D eigenvalue weighted by Gasteiger charge is 2.37. The normalized spacial score (nSPS) is 12.4. The molecule has 128 valence electrons. The maximum atomic E-state index is 12.7. The van der Waals surface area contributed by atoms with Gasteiger partial charge in [0.25, 0.3) is 0 Å². The fraction of sp³-hybridized carbons (Fsp3) is 0.235. The number of ether oxygens (including phenoxy) is 1. The smallest absolute Gasteiger partial charge is 0.408 e. The van der Waals surface area contributed by atoms with Crippen molar-refractivity contribution in [3.8, 4) is 0 Å². The molecule has 0 saturated heterocycles. The molecule has 1 atom stereocenters. The van der Waals surface area contributed by atoms with Gasteiger partial charge in [0, 0.05) is 14.2 Å². The molecule has 0 saturated carbocycles. The van der Waals surface area contributed by atoms with E-state index in [0.717, 1.165) is 5.56 Å². The Hall–Kier alpha value is -2.14. The zero-order chi connectivity index (χ0) is 17.4. The van der Waals surface area contributed by atoms with Gasteiger partial charge in [0.1, 0.15) is 6.61 Å². The second kappa shape index (κ2) is 8.64. The van der Waals surface area contributed by atoms with Crippen molar-refractivity contribution < 1.29 is 23.1 Å². The topological polar surface area (TPSA) is 73.9 Å². The van der Waals surface area contributed by atoms with Crippen molar-refractivity contribution in [3.05, 3.63) is 71.8 Å². The molecule has 7 heteroatoms. The van der Waals surface area contributed by atoms with E-state index in [4.69, 9.17) is 13.8 Å². The number of alkyl carbamates (subject to hydrolysis) is 1. The zero-order valence-corrected chi connectivity index (χ0v) is 14.4. The standard InChI is InChI=1S/C17H20NO5P/c1-21-24(20,22-2)16(15-11-7-4-8-12-15)18-17(19)23-13-14-9-5-3-6-10-14/h3-12,16H,13H2,1-2H3,(H,18,19)/t16-/m0/s1. The van der Waals surface area contributed by atoms with Crippen molar-refractivity contribution >= 4 is 13.7 Å². The molecule has 0 heterocycles. The van der Waals surface area contributed by atoms with Crippen LogP contribution < -0.4 is 5.32 Å². The molecule has 0 aromatic heterocycles. The molecule has 0 fully saturated rings. The fourth-order valence-electron chi connectivity index (χ4n) is 2.14. The highest BCUT2D eigenvalue weighted by molar-refractivity contribution is 7.54. The van der Waals surface area contributed by atoms with Crippen LogP contribution in [0.25, 0.3) is 0 Å². The number of carbonyl (C=O) groups excluding carboxylic acids is 1. The van der Waals surface area contributed by atoms with E-state index in [1.165, 1.54) is 14.2 Å². The predicted molar refractivity (Wildman–Crippen MR) is 90.6 cm³/mol. The van der Waals surface area contributed by atoms with Gasteiger partial charge in [0.2, 0.25) is 0 Å². The average molecular weight is 349 g/mol. The predicted octanol–water partition coefficient (Wildman–Crippen LogP) is 4.10. The van der Waals surface area contributed by atoms with Crippen LogP contribution in [-0.2, 0) is 25.0 Å². The number of hydrogen-bond acceptors (Lipinski definition) is 5. The second-order valence-corrected chi connectivity index (χ2v) is 7.25. The summed E-state index contributed by atoms with van der Waals surface area (Å²) in [6.07, 6.45) is -0.706. The van der Waals surface area contributed by atoms with Gasteiger partial charge in [-0.3, -0.25) is 4.57 Å². The van der Waals surface area contributed by atoms with Crippen LogP contribution in [0, 0.1) is 0 Å². The van der Waals surface area contributed by atoms with Gasteiger partial charge < -0.3 is 19.1 Å². The molecule has 0 aliphatic rings. The van der Waals surface area contributed by atoms with Crippen LogP contribution in [0.2, 0.25) is 0 Å². The Bertz CT molecular complexity index is 685. The second-order valence-electron chi connectivity index (χ2n) is 4.92. The molecular formula is C17H20NO5P. The van der Waals surface area contributed by atoms with Crippen molar-refractivity contribution in [1.82, 2.24) is 5.32 Å². The summed E-state index contributed by atoms with van der Waals surface area (Å²) in [6.45, 7) is 0.110. The minimum Gasteiger partial charge on any atom is -0.445 e. The third-order valence-corrected chi connectivity index (χ3v) is 5.49. The first kappa shape index (κ1) is 18.2. The summed E-state index contributed by atoms with van der Waals surface area (Å²) in [5.74, 6) is -0.961. The summed E-state index contributed by atoms with van der Waals surface area (Å²) in [6, 6.07) is 18.1. The van der Waals surface area contributed by atoms with Crippen LogP contribution in [0.5, 0.6) is 0 Å². The number of hydrogen-bond donors (Lipinski definition) is 1. The monoisotopic (exact) mass is 349 g/mol. The molecule has 2 aromatic rings. The lowest BCUT2D eigenvalue weighted by Gasteiger charge is -2.25. The van der Waals surface area contributed by atoms with Gasteiger partial charge in [-0.25, -0.2) is 4.79 Å². The van der Waals surface area contributed by atoms with Gasteiger partial charge in [-0.15, -0.1) is 0 Å². The van der Waals surface area contributed by atoms with Crippen LogP contribution in [-0.4, -0.2) is 20.3 Å². The molecule has 0 radical (unpaired) electrons. The van der Waals surface area contributed by atoms with Gasteiger partial charge in [-0.2, -0.15) is 0 Å². The Morgan fingerprint density at radius 3 is 2.08 bits per heavy atom. The van der Waals surface area contributed by atoms with E-state index in [9.17, 15) is 9.36 Å². The molecule has 1 amide bonds. The summed E-state index contributed by atoms with van der Waals surface area (Å²) in [4.78, 5) is 12.1. The molecule has 0 aliphatic heterocycles. The number of carbonyl (C=O) groups is 1. The van der Waals surface area contributed by atoms with Crippen molar-refractivity contribution in [2.45, 2.75) is 12.4 Å². The lowest BCUT2D eigenvalue weighted by molar-refractivity contribution is 0.136. The first-order valence-corrected chi connectivity index (χ1v) is 8.93. The summed E-state index contributed by atoms with van der Waals surface area (Å²) >= 11 is 0. The zero-order valence-electron chi connectivity index (χ0n) is 13.5. The fourth-order valence-corrected chi connectivity index (χ4v) is 3.51. The first-order valence-electron chi connectivity index (χ1n) is 7.32.